The predicted molar refractivity (Wildman–Crippen MR) is 129 cm³/mol. The fraction of sp³-hybridized carbons (Fsp3) is 0.385. The number of aryl methyl sites for hydroxylation is 1. The van der Waals surface area contributed by atoms with Gasteiger partial charge in [-0.05, 0) is 75.9 Å². The average Bonchev–Trinajstić information content (AvgIpc) is 2.84. The predicted octanol–water partition coefficient (Wildman–Crippen LogP) is 5.26. The monoisotopic (exact) mass is 446 g/mol. The lowest BCUT2D eigenvalue weighted by molar-refractivity contribution is 0.0525. The van der Waals surface area contributed by atoms with Gasteiger partial charge in [0.1, 0.15) is 0 Å². The Morgan fingerprint density at radius 3 is 2.64 bits per heavy atom. The summed E-state index contributed by atoms with van der Waals surface area (Å²) in [6, 6.07) is 11.2. The van der Waals surface area contributed by atoms with Gasteiger partial charge in [-0.2, -0.15) is 0 Å². The van der Waals surface area contributed by atoms with E-state index in [2.05, 4.69) is 22.2 Å². The van der Waals surface area contributed by atoms with E-state index in [1.54, 1.807) is 25.3 Å². The molecule has 0 aliphatic carbocycles. The van der Waals surface area contributed by atoms with Crippen molar-refractivity contribution >= 4 is 34.3 Å². The number of pyridine rings is 2. The molecule has 7 nitrogen and oxygen atoms in total. The third kappa shape index (κ3) is 4.82. The molecule has 172 valence electrons. The van der Waals surface area contributed by atoms with Crippen molar-refractivity contribution in [2.75, 3.05) is 18.5 Å². The molecule has 7 heteroatoms. The van der Waals surface area contributed by atoms with E-state index in [-0.39, 0.29) is 17.9 Å². The first kappa shape index (κ1) is 22.7. The quantitative estimate of drug-likeness (QED) is 0.520. The fourth-order valence-corrected chi connectivity index (χ4v) is 4.36. The van der Waals surface area contributed by atoms with Crippen LogP contribution in [0, 0.1) is 6.92 Å². The highest BCUT2D eigenvalue weighted by molar-refractivity contribution is 6.07. The number of rotatable bonds is 6. The third-order valence-electron chi connectivity index (χ3n) is 6.12. The minimum Gasteiger partial charge on any atom is -0.462 e. The number of anilines is 2. The van der Waals surface area contributed by atoms with Crippen LogP contribution in [0.3, 0.4) is 0 Å². The topological polar surface area (TPSA) is 84.4 Å². The molecule has 0 spiro atoms. The molecule has 1 N–H and O–H groups in total. The Labute approximate surface area is 194 Å². The van der Waals surface area contributed by atoms with E-state index in [0.717, 1.165) is 49.0 Å². The van der Waals surface area contributed by atoms with Crippen molar-refractivity contribution in [1.82, 2.24) is 14.9 Å². The number of nitrogens with one attached hydrogen (secondary N) is 1. The molecule has 0 saturated carbocycles. The second kappa shape index (κ2) is 9.98. The molecule has 0 bridgehead atoms. The van der Waals surface area contributed by atoms with Crippen LogP contribution >= 0.6 is 0 Å². The maximum Gasteiger partial charge on any atom is 0.338 e. The van der Waals surface area contributed by atoms with Crippen molar-refractivity contribution in [1.29, 1.82) is 0 Å². The van der Waals surface area contributed by atoms with Gasteiger partial charge in [0.15, 0.2) is 5.65 Å². The fourth-order valence-electron chi connectivity index (χ4n) is 4.36. The standard InChI is InChI=1S/C26H30N4O3/c1-4-20-8-6-7-15-30(20)25(31)22-16-27-24-21(14-9-17(3)28-24)23(22)29-19-12-10-18(11-13-19)26(32)33-5-2/h9-14,16,20H,4-8,15H2,1-3H3,(H,27,28,29). The number of piperidine rings is 1. The van der Waals surface area contributed by atoms with Crippen LogP contribution in [-0.2, 0) is 4.74 Å². The molecular formula is C26H30N4O3. The Bertz CT molecular complexity index is 1160. The van der Waals surface area contributed by atoms with Crippen molar-refractivity contribution in [2.24, 2.45) is 0 Å². The van der Waals surface area contributed by atoms with E-state index >= 15 is 0 Å². The van der Waals surface area contributed by atoms with Gasteiger partial charge in [-0.3, -0.25) is 4.79 Å². The molecule has 4 rings (SSSR count). The molecule has 1 fully saturated rings. The number of esters is 1. The van der Waals surface area contributed by atoms with Gasteiger partial charge in [-0.25, -0.2) is 14.8 Å². The van der Waals surface area contributed by atoms with Crippen molar-refractivity contribution in [3.63, 3.8) is 0 Å². The van der Waals surface area contributed by atoms with E-state index < -0.39 is 0 Å². The number of nitrogens with zero attached hydrogens (tertiary/aromatic N) is 3. The second-order valence-electron chi connectivity index (χ2n) is 8.35. The van der Waals surface area contributed by atoms with Crippen molar-refractivity contribution in [3.8, 4) is 0 Å². The number of ether oxygens (including phenoxy) is 1. The Hall–Kier alpha value is -3.48. The van der Waals surface area contributed by atoms with Crippen LogP contribution < -0.4 is 5.32 Å². The number of aromatic nitrogens is 2. The van der Waals surface area contributed by atoms with E-state index in [1.165, 1.54) is 0 Å². The highest BCUT2D eigenvalue weighted by atomic mass is 16.5. The van der Waals surface area contributed by atoms with Crippen LogP contribution in [0.25, 0.3) is 11.0 Å². The summed E-state index contributed by atoms with van der Waals surface area (Å²) < 4.78 is 5.07. The van der Waals surface area contributed by atoms with E-state index in [0.29, 0.717) is 29.1 Å². The minimum atomic E-state index is -0.357. The Kier molecular flexibility index (Phi) is 6.87. The number of fused-ring (bicyclic) bond motifs is 1. The molecule has 3 heterocycles. The molecule has 2 aromatic heterocycles. The lowest BCUT2D eigenvalue weighted by atomic mass is 9.98. The van der Waals surface area contributed by atoms with Crippen LogP contribution in [0.1, 0.15) is 65.9 Å². The third-order valence-corrected chi connectivity index (χ3v) is 6.12. The number of carbonyl (C=O) groups is 2. The van der Waals surface area contributed by atoms with Gasteiger partial charge in [0.2, 0.25) is 0 Å². The molecule has 0 radical (unpaired) electrons. The molecule has 1 aliphatic heterocycles. The Morgan fingerprint density at radius 2 is 1.91 bits per heavy atom. The summed E-state index contributed by atoms with van der Waals surface area (Å²) in [5.41, 5.74) is 3.90. The maximum absolute atomic E-state index is 13.7. The SMILES string of the molecule is CCOC(=O)c1ccc(Nc2c(C(=O)N3CCCCC3CC)cnc3nc(C)ccc23)cc1. The number of likely N-dealkylation sites (tertiary alicyclic amines) is 1. The summed E-state index contributed by atoms with van der Waals surface area (Å²) >= 11 is 0. The highest BCUT2D eigenvalue weighted by Gasteiger charge is 2.28. The Morgan fingerprint density at radius 1 is 1.12 bits per heavy atom. The van der Waals surface area contributed by atoms with E-state index in [9.17, 15) is 9.59 Å². The van der Waals surface area contributed by atoms with Crippen LogP contribution in [0.4, 0.5) is 11.4 Å². The summed E-state index contributed by atoms with van der Waals surface area (Å²) in [6.07, 6.45) is 5.77. The maximum atomic E-state index is 13.7. The zero-order chi connectivity index (χ0) is 23.4. The molecule has 1 amide bonds. The average molecular weight is 447 g/mol. The minimum absolute atomic E-state index is 0.0119. The largest absolute Gasteiger partial charge is 0.462 e. The molecule has 3 aromatic rings. The number of benzene rings is 1. The van der Waals surface area contributed by atoms with Crippen LogP contribution in [-0.4, -0.2) is 45.9 Å². The van der Waals surface area contributed by atoms with Gasteiger partial charge in [0.05, 0.1) is 23.4 Å². The number of carbonyl (C=O) groups excluding carboxylic acids is 2. The smallest absolute Gasteiger partial charge is 0.338 e. The van der Waals surface area contributed by atoms with E-state index in [1.807, 2.05) is 36.1 Å². The first-order valence-electron chi connectivity index (χ1n) is 11.6. The van der Waals surface area contributed by atoms with Gasteiger partial charge in [-0.1, -0.05) is 6.92 Å². The molecule has 1 aromatic carbocycles. The van der Waals surface area contributed by atoms with Crippen molar-refractivity contribution in [3.05, 3.63) is 59.4 Å². The molecule has 1 unspecified atom stereocenters. The molecule has 33 heavy (non-hydrogen) atoms. The number of hydrogen-bond acceptors (Lipinski definition) is 6. The van der Waals surface area contributed by atoms with Crippen LogP contribution in [0.5, 0.6) is 0 Å². The van der Waals surface area contributed by atoms with Crippen molar-refractivity contribution < 1.29 is 14.3 Å². The van der Waals surface area contributed by atoms with Gasteiger partial charge >= 0.3 is 5.97 Å². The second-order valence-corrected chi connectivity index (χ2v) is 8.35. The molecule has 1 saturated heterocycles. The summed E-state index contributed by atoms with van der Waals surface area (Å²) in [6.45, 7) is 6.92. The van der Waals surface area contributed by atoms with E-state index in [4.69, 9.17) is 4.74 Å². The molecule has 1 aliphatic rings. The lowest BCUT2D eigenvalue weighted by Gasteiger charge is -2.35. The highest BCUT2D eigenvalue weighted by Crippen LogP contribution is 2.31. The number of amides is 1. The zero-order valence-electron chi connectivity index (χ0n) is 19.4. The summed E-state index contributed by atoms with van der Waals surface area (Å²) in [4.78, 5) is 36.7. The first-order valence-corrected chi connectivity index (χ1v) is 11.6. The van der Waals surface area contributed by atoms with Crippen LogP contribution in [0.2, 0.25) is 0 Å². The zero-order valence-corrected chi connectivity index (χ0v) is 19.4. The van der Waals surface area contributed by atoms with Gasteiger partial charge in [0.25, 0.3) is 5.91 Å². The number of hydrogen-bond donors (Lipinski definition) is 1. The van der Waals surface area contributed by atoms with Gasteiger partial charge < -0.3 is 15.0 Å². The molecular weight excluding hydrogens is 416 g/mol. The van der Waals surface area contributed by atoms with Gasteiger partial charge in [-0.15, -0.1) is 0 Å². The summed E-state index contributed by atoms with van der Waals surface area (Å²) in [7, 11) is 0. The first-order chi connectivity index (χ1) is 16.0. The Balaban J connectivity index is 1.73. The van der Waals surface area contributed by atoms with Gasteiger partial charge in [0, 0.05) is 35.6 Å². The summed E-state index contributed by atoms with van der Waals surface area (Å²) in [5.74, 6) is -0.369. The van der Waals surface area contributed by atoms with Crippen LogP contribution in [0.15, 0.2) is 42.6 Å². The summed E-state index contributed by atoms with van der Waals surface area (Å²) in [5, 5.41) is 4.19. The van der Waals surface area contributed by atoms with Crippen molar-refractivity contribution in [2.45, 2.75) is 52.5 Å². The normalized spacial score (nSPS) is 16.0. The lowest BCUT2D eigenvalue weighted by Crippen LogP contribution is -2.43. The molecule has 1 atom stereocenters.